The van der Waals surface area contributed by atoms with Gasteiger partial charge in [0.15, 0.2) is 6.04 Å². The second-order valence-electron chi connectivity index (χ2n) is 2.65. The van der Waals surface area contributed by atoms with Gasteiger partial charge in [-0.2, -0.15) is 0 Å². The first-order valence-electron chi connectivity index (χ1n) is 3.51. The lowest BCUT2D eigenvalue weighted by Gasteiger charge is -2.33. The Morgan fingerprint density at radius 1 is 1.75 bits per heavy atom. The summed E-state index contributed by atoms with van der Waals surface area (Å²) in [5, 5.41) is 2.66. The van der Waals surface area contributed by atoms with Crippen molar-refractivity contribution >= 4 is 30.7 Å². The number of nitrogens with one attached hydrogen (secondary N) is 1. The molecule has 2 aliphatic rings. The van der Waals surface area contributed by atoms with E-state index >= 15 is 0 Å². The van der Waals surface area contributed by atoms with Gasteiger partial charge in [0, 0.05) is 7.05 Å². The molecule has 1 N–H and O–H groups in total. The normalized spacial score (nSPS) is 33.0. The highest BCUT2D eigenvalue weighted by molar-refractivity contribution is 7.80. The molecule has 0 saturated carbocycles. The molecule has 0 radical (unpaired) electrons. The number of nitrogens with zero attached hydrogens (tertiary/aromatic N) is 3. The average Bonchev–Trinajstić information content (AvgIpc) is 2.48. The number of fused-ring (bicyclic) bond motifs is 1. The molecule has 1 saturated heterocycles. The van der Waals surface area contributed by atoms with E-state index in [1.54, 1.807) is 4.90 Å². The smallest absolute Gasteiger partial charge is 0.254 e. The van der Waals surface area contributed by atoms with Gasteiger partial charge in [-0.05, 0) is 0 Å². The van der Waals surface area contributed by atoms with Crippen molar-refractivity contribution in [1.82, 2.24) is 10.2 Å². The number of thiol groups is 1. The molecular formula is C6H8N4OS. The van der Waals surface area contributed by atoms with Crippen LogP contribution in [0.25, 0.3) is 0 Å². The lowest BCUT2D eigenvalue weighted by Crippen LogP contribution is -2.58. The second kappa shape index (κ2) is 2.48. The summed E-state index contributed by atoms with van der Waals surface area (Å²) in [6.07, 6.45) is 1.40. The zero-order valence-corrected chi connectivity index (χ0v) is 7.32. The lowest BCUT2D eigenvalue weighted by molar-refractivity contribution is -0.122. The number of carbonyl (C=O) groups is 1. The Kier molecular flexibility index (Phi) is 1.57. The summed E-state index contributed by atoms with van der Waals surface area (Å²) in [7, 11) is 1.82. The van der Waals surface area contributed by atoms with Crippen LogP contribution in [0.1, 0.15) is 0 Å². The highest BCUT2D eigenvalue weighted by Gasteiger charge is 2.36. The zero-order chi connectivity index (χ0) is 8.72. The van der Waals surface area contributed by atoms with E-state index in [0.717, 1.165) is 0 Å². The summed E-state index contributed by atoms with van der Waals surface area (Å²) < 4.78 is 0. The molecule has 2 aliphatic heterocycles. The van der Waals surface area contributed by atoms with Crippen molar-refractivity contribution in [3.05, 3.63) is 0 Å². The molecule has 64 valence electrons. The van der Waals surface area contributed by atoms with Crippen LogP contribution >= 0.6 is 12.6 Å². The third kappa shape index (κ3) is 0.911. The summed E-state index contributed by atoms with van der Waals surface area (Å²) in [5.74, 6) is 0.527. The number of aliphatic imine (C=N–C) groups is 2. The van der Waals surface area contributed by atoms with E-state index in [1.165, 1.54) is 6.34 Å². The molecule has 0 bridgehead atoms. The zero-order valence-electron chi connectivity index (χ0n) is 6.43. The van der Waals surface area contributed by atoms with Crippen LogP contribution in [-0.4, -0.2) is 41.6 Å². The SMILES string of the molecule is CN1C2=NC=N[C@H]2C(=O)N[C@@H]1S. The van der Waals surface area contributed by atoms with Crippen LogP contribution in [-0.2, 0) is 4.79 Å². The van der Waals surface area contributed by atoms with Gasteiger partial charge in [0.25, 0.3) is 5.91 Å². The van der Waals surface area contributed by atoms with E-state index in [2.05, 4.69) is 27.9 Å². The standard InChI is InChI=1S/C6H8N4OS/c1-10-4-3(7-2-8-4)5(11)9-6(10)12/h2-3,6,12H,1H3,(H,9,11)/t3-,6+/m1/s1. The molecule has 0 unspecified atom stereocenters. The van der Waals surface area contributed by atoms with Gasteiger partial charge in [-0.3, -0.25) is 9.79 Å². The van der Waals surface area contributed by atoms with Crippen molar-refractivity contribution in [2.75, 3.05) is 7.05 Å². The van der Waals surface area contributed by atoms with Gasteiger partial charge in [-0.1, -0.05) is 0 Å². The monoisotopic (exact) mass is 184 g/mol. The maximum absolute atomic E-state index is 11.3. The van der Waals surface area contributed by atoms with Gasteiger partial charge in [0.1, 0.15) is 17.7 Å². The van der Waals surface area contributed by atoms with Crippen LogP contribution in [0.3, 0.4) is 0 Å². The molecule has 0 aromatic carbocycles. The Balaban J connectivity index is 2.31. The second-order valence-corrected chi connectivity index (χ2v) is 3.14. The third-order valence-corrected chi connectivity index (χ3v) is 2.37. The van der Waals surface area contributed by atoms with E-state index in [1.807, 2.05) is 7.05 Å². The maximum Gasteiger partial charge on any atom is 0.254 e. The fourth-order valence-electron chi connectivity index (χ4n) is 1.19. The predicted molar refractivity (Wildman–Crippen MR) is 48.4 cm³/mol. The number of carbonyl (C=O) groups excluding carboxylic acids is 1. The van der Waals surface area contributed by atoms with E-state index in [9.17, 15) is 4.79 Å². The van der Waals surface area contributed by atoms with Crippen molar-refractivity contribution in [3.8, 4) is 0 Å². The first kappa shape index (κ1) is 7.60. The molecule has 0 aromatic rings. The van der Waals surface area contributed by atoms with Crippen LogP contribution < -0.4 is 5.32 Å². The molecule has 0 aliphatic carbocycles. The number of amides is 1. The molecule has 1 amide bonds. The number of rotatable bonds is 0. The van der Waals surface area contributed by atoms with E-state index < -0.39 is 6.04 Å². The molecule has 2 heterocycles. The Morgan fingerprint density at radius 2 is 2.50 bits per heavy atom. The number of hydrogen-bond donors (Lipinski definition) is 2. The van der Waals surface area contributed by atoms with Gasteiger partial charge >= 0.3 is 0 Å². The number of amidine groups is 1. The van der Waals surface area contributed by atoms with Crippen molar-refractivity contribution in [2.24, 2.45) is 9.98 Å². The van der Waals surface area contributed by atoms with E-state index in [-0.39, 0.29) is 11.4 Å². The van der Waals surface area contributed by atoms with Gasteiger partial charge in [-0.15, -0.1) is 12.6 Å². The average molecular weight is 184 g/mol. The first-order valence-corrected chi connectivity index (χ1v) is 4.02. The fraction of sp³-hybridized carbons (Fsp3) is 0.500. The summed E-state index contributed by atoms with van der Waals surface area (Å²) in [5.41, 5.74) is -0.297. The highest BCUT2D eigenvalue weighted by atomic mass is 32.1. The highest BCUT2D eigenvalue weighted by Crippen LogP contribution is 2.14. The summed E-state index contributed by atoms with van der Waals surface area (Å²) in [4.78, 5) is 20.9. The van der Waals surface area contributed by atoms with E-state index in [0.29, 0.717) is 5.84 Å². The maximum atomic E-state index is 11.3. The molecule has 12 heavy (non-hydrogen) atoms. The lowest BCUT2D eigenvalue weighted by atomic mass is 10.2. The third-order valence-electron chi connectivity index (χ3n) is 1.90. The Hall–Kier alpha value is -1.04. The van der Waals surface area contributed by atoms with Crippen LogP contribution in [0.15, 0.2) is 9.98 Å². The van der Waals surface area contributed by atoms with Crippen LogP contribution in [0, 0.1) is 0 Å². The van der Waals surface area contributed by atoms with Crippen LogP contribution in [0.2, 0.25) is 0 Å². The molecule has 2 rings (SSSR count). The van der Waals surface area contributed by atoms with E-state index in [4.69, 9.17) is 0 Å². The molecule has 0 spiro atoms. The fourth-order valence-corrected chi connectivity index (χ4v) is 1.44. The van der Waals surface area contributed by atoms with Crippen LogP contribution in [0.5, 0.6) is 0 Å². The minimum absolute atomic E-state index is 0.138. The molecule has 0 aromatic heterocycles. The summed E-state index contributed by atoms with van der Waals surface area (Å²) in [6.45, 7) is 0. The predicted octanol–water partition coefficient (Wildman–Crippen LogP) is -0.930. The summed E-state index contributed by atoms with van der Waals surface area (Å²) >= 11 is 4.15. The van der Waals surface area contributed by atoms with Crippen molar-refractivity contribution in [3.63, 3.8) is 0 Å². The quantitative estimate of drug-likeness (QED) is 0.478. The largest absolute Gasteiger partial charge is 0.332 e. The van der Waals surface area contributed by atoms with Crippen LogP contribution in [0.4, 0.5) is 0 Å². The Labute approximate surface area is 75.0 Å². The Morgan fingerprint density at radius 3 is 3.25 bits per heavy atom. The van der Waals surface area contributed by atoms with Gasteiger partial charge < -0.3 is 10.2 Å². The number of likely N-dealkylation sites (N-methyl/N-ethyl adjacent to an activating group) is 1. The first-order chi connectivity index (χ1) is 5.70. The molecule has 1 fully saturated rings. The van der Waals surface area contributed by atoms with Gasteiger partial charge in [-0.25, -0.2) is 4.99 Å². The molecule has 5 nitrogen and oxygen atoms in total. The topological polar surface area (TPSA) is 57.1 Å². The van der Waals surface area contributed by atoms with Gasteiger partial charge in [0.2, 0.25) is 0 Å². The Bertz CT molecular complexity index is 287. The molecule has 6 heteroatoms. The molecule has 2 atom stereocenters. The summed E-state index contributed by atoms with van der Waals surface area (Å²) in [6, 6.07) is -0.460. The van der Waals surface area contributed by atoms with Crippen molar-refractivity contribution < 1.29 is 4.79 Å². The van der Waals surface area contributed by atoms with Crippen molar-refractivity contribution in [1.29, 1.82) is 0 Å². The van der Waals surface area contributed by atoms with Crippen molar-refractivity contribution in [2.45, 2.75) is 11.5 Å². The minimum atomic E-state index is -0.460. The number of hydrogen-bond acceptors (Lipinski definition) is 5. The molecular weight excluding hydrogens is 176 g/mol. The minimum Gasteiger partial charge on any atom is -0.332 e. The van der Waals surface area contributed by atoms with Gasteiger partial charge in [0.05, 0.1) is 0 Å².